The molecule has 1 heterocycles. The first-order valence-electron chi connectivity index (χ1n) is 7.45. The predicted octanol–water partition coefficient (Wildman–Crippen LogP) is 4.45. The molecule has 0 aliphatic heterocycles. The highest BCUT2D eigenvalue weighted by molar-refractivity contribution is 7.10. The van der Waals surface area contributed by atoms with Gasteiger partial charge in [0.25, 0.3) is 0 Å². The Morgan fingerprint density at radius 3 is 3.05 bits per heavy atom. The number of nitrogen functional groups attached to an aromatic ring is 1. The lowest BCUT2D eigenvalue weighted by Gasteiger charge is -2.22. The van der Waals surface area contributed by atoms with Crippen LogP contribution in [-0.2, 0) is 6.42 Å². The molecule has 0 saturated carbocycles. The summed E-state index contributed by atoms with van der Waals surface area (Å²) in [6, 6.07) is 11.7. The second-order valence-corrected chi connectivity index (χ2v) is 6.55. The monoisotopic (exact) mass is 286 g/mol. The molecule has 3 rings (SSSR count). The van der Waals surface area contributed by atoms with Crippen LogP contribution in [-0.4, -0.2) is 0 Å². The molecule has 2 nitrogen and oxygen atoms in total. The number of thiophene rings is 1. The van der Waals surface area contributed by atoms with Crippen LogP contribution in [0.15, 0.2) is 35.7 Å². The van der Waals surface area contributed by atoms with Crippen molar-refractivity contribution in [2.45, 2.75) is 44.7 Å². The van der Waals surface area contributed by atoms with Gasteiger partial charge < -0.3 is 11.1 Å². The zero-order chi connectivity index (χ0) is 13.9. The van der Waals surface area contributed by atoms with Gasteiger partial charge in [-0.3, -0.25) is 0 Å². The Bertz CT molecular complexity index is 562. The fourth-order valence-corrected chi connectivity index (χ4v) is 3.96. The lowest BCUT2D eigenvalue weighted by atomic mass is 10.0. The first kappa shape index (κ1) is 13.7. The molecule has 0 radical (unpaired) electrons. The van der Waals surface area contributed by atoms with Gasteiger partial charge in [-0.15, -0.1) is 11.3 Å². The molecule has 1 aliphatic rings. The van der Waals surface area contributed by atoms with Crippen molar-refractivity contribution in [3.63, 3.8) is 0 Å². The minimum atomic E-state index is 0.476. The van der Waals surface area contributed by atoms with E-state index in [2.05, 4.69) is 41.9 Å². The van der Waals surface area contributed by atoms with Crippen molar-refractivity contribution < 1.29 is 0 Å². The van der Waals surface area contributed by atoms with Crippen molar-refractivity contribution in [1.29, 1.82) is 0 Å². The number of nitrogens with two attached hydrogens (primary N) is 1. The zero-order valence-corrected chi connectivity index (χ0v) is 12.7. The van der Waals surface area contributed by atoms with Gasteiger partial charge in [-0.1, -0.05) is 25.5 Å². The molecule has 0 saturated heterocycles. The lowest BCUT2D eigenvalue weighted by molar-refractivity contribution is 0.424. The van der Waals surface area contributed by atoms with E-state index in [1.165, 1.54) is 35.3 Å². The zero-order valence-electron chi connectivity index (χ0n) is 11.9. The van der Waals surface area contributed by atoms with Gasteiger partial charge in [0.2, 0.25) is 0 Å². The lowest BCUT2D eigenvalue weighted by Crippen LogP contribution is -2.24. The molecule has 2 aromatic rings. The number of hydrogen-bond acceptors (Lipinski definition) is 3. The number of fused-ring (bicyclic) bond motifs is 1. The van der Waals surface area contributed by atoms with E-state index in [4.69, 9.17) is 5.73 Å². The molecule has 0 bridgehead atoms. The minimum Gasteiger partial charge on any atom is -0.399 e. The maximum absolute atomic E-state index is 5.88. The Balaban J connectivity index is 1.78. The molecule has 1 aromatic heterocycles. The van der Waals surface area contributed by atoms with E-state index in [1.807, 2.05) is 17.4 Å². The molecule has 3 heteroatoms. The number of benzene rings is 1. The van der Waals surface area contributed by atoms with Crippen LogP contribution in [0.3, 0.4) is 0 Å². The van der Waals surface area contributed by atoms with Gasteiger partial charge in [0, 0.05) is 22.6 Å². The molecule has 2 atom stereocenters. The van der Waals surface area contributed by atoms with E-state index in [9.17, 15) is 0 Å². The van der Waals surface area contributed by atoms with Gasteiger partial charge in [-0.2, -0.15) is 0 Å². The van der Waals surface area contributed by atoms with E-state index in [1.54, 1.807) is 0 Å². The minimum absolute atomic E-state index is 0.476. The molecular formula is C17H22N2S. The Labute approximate surface area is 125 Å². The van der Waals surface area contributed by atoms with Crippen molar-refractivity contribution in [2.75, 3.05) is 5.73 Å². The Morgan fingerprint density at radius 2 is 2.30 bits per heavy atom. The third-order valence-electron chi connectivity index (χ3n) is 4.11. The molecule has 1 aliphatic carbocycles. The van der Waals surface area contributed by atoms with Gasteiger partial charge in [-0.25, -0.2) is 0 Å². The molecule has 0 fully saturated rings. The molecule has 2 unspecified atom stereocenters. The summed E-state index contributed by atoms with van der Waals surface area (Å²) in [5.41, 5.74) is 9.63. The standard InChI is InChI=1S/C17H22N2S/c1-2-4-16(17-5-3-10-20-17)19-15-9-6-12-11-13(18)7-8-14(12)15/h3,5,7-8,10-11,15-16,19H,2,4,6,9,18H2,1H3. The molecular weight excluding hydrogens is 264 g/mol. The fraction of sp³-hybridized carbons (Fsp3) is 0.412. The van der Waals surface area contributed by atoms with E-state index >= 15 is 0 Å². The van der Waals surface area contributed by atoms with E-state index < -0.39 is 0 Å². The summed E-state index contributed by atoms with van der Waals surface area (Å²) >= 11 is 1.86. The van der Waals surface area contributed by atoms with Crippen LogP contribution in [0.2, 0.25) is 0 Å². The summed E-state index contributed by atoms with van der Waals surface area (Å²) in [5, 5.41) is 6.03. The Morgan fingerprint density at radius 1 is 1.40 bits per heavy atom. The van der Waals surface area contributed by atoms with Gasteiger partial charge in [0.05, 0.1) is 0 Å². The molecule has 106 valence electrons. The maximum Gasteiger partial charge on any atom is 0.0419 e. The summed E-state index contributed by atoms with van der Waals surface area (Å²) in [4.78, 5) is 1.45. The number of anilines is 1. The quantitative estimate of drug-likeness (QED) is 0.797. The fourth-order valence-electron chi connectivity index (χ4n) is 3.14. The van der Waals surface area contributed by atoms with Crippen LogP contribution >= 0.6 is 11.3 Å². The first-order valence-corrected chi connectivity index (χ1v) is 8.33. The van der Waals surface area contributed by atoms with Gasteiger partial charge in [-0.05, 0) is 54.0 Å². The first-order chi connectivity index (χ1) is 9.78. The summed E-state index contributed by atoms with van der Waals surface area (Å²) in [7, 11) is 0. The smallest absolute Gasteiger partial charge is 0.0419 e. The van der Waals surface area contributed by atoms with E-state index in [-0.39, 0.29) is 0 Å². The summed E-state index contributed by atoms with van der Waals surface area (Å²) in [6.07, 6.45) is 4.73. The predicted molar refractivity (Wildman–Crippen MR) is 87.0 cm³/mol. The average molecular weight is 286 g/mol. The SMILES string of the molecule is CCCC(NC1CCc2cc(N)ccc21)c1cccs1. The Hall–Kier alpha value is -1.32. The van der Waals surface area contributed by atoms with Crippen molar-refractivity contribution in [2.24, 2.45) is 0 Å². The Kier molecular flexibility index (Phi) is 4.08. The molecule has 3 N–H and O–H groups in total. The highest BCUT2D eigenvalue weighted by atomic mass is 32.1. The molecule has 0 spiro atoms. The summed E-state index contributed by atoms with van der Waals surface area (Å²) in [6.45, 7) is 2.26. The number of hydrogen-bond donors (Lipinski definition) is 2. The second-order valence-electron chi connectivity index (χ2n) is 5.57. The summed E-state index contributed by atoms with van der Waals surface area (Å²) < 4.78 is 0. The number of aryl methyl sites for hydroxylation is 1. The van der Waals surface area contributed by atoms with Gasteiger partial charge in [0.15, 0.2) is 0 Å². The highest BCUT2D eigenvalue weighted by Gasteiger charge is 2.25. The molecule has 20 heavy (non-hydrogen) atoms. The second kappa shape index (κ2) is 5.98. The van der Waals surface area contributed by atoms with Crippen LogP contribution in [0.5, 0.6) is 0 Å². The van der Waals surface area contributed by atoms with Crippen LogP contribution in [0.1, 0.15) is 54.3 Å². The third kappa shape index (κ3) is 2.74. The van der Waals surface area contributed by atoms with Crippen molar-refractivity contribution in [1.82, 2.24) is 5.32 Å². The normalized spacial score (nSPS) is 18.9. The topological polar surface area (TPSA) is 38.0 Å². The number of rotatable bonds is 5. The molecule has 0 amide bonds. The van der Waals surface area contributed by atoms with Crippen LogP contribution in [0.4, 0.5) is 5.69 Å². The van der Waals surface area contributed by atoms with Gasteiger partial charge in [0.1, 0.15) is 0 Å². The van der Waals surface area contributed by atoms with Crippen molar-refractivity contribution in [3.05, 3.63) is 51.7 Å². The van der Waals surface area contributed by atoms with Crippen LogP contribution in [0, 0.1) is 0 Å². The maximum atomic E-state index is 5.88. The molecule has 1 aromatic carbocycles. The highest BCUT2D eigenvalue weighted by Crippen LogP contribution is 2.35. The van der Waals surface area contributed by atoms with Crippen LogP contribution < -0.4 is 11.1 Å². The van der Waals surface area contributed by atoms with Crippen molar-refractivity contribution >= 4 is 17.0 Å². The number of nitrogens with one attached hydrogen (secondary N) is 1. The van der Waals surface area contributed by atoms with E-state index in [0.29, 0.717) is 12.1 Å². The third-order valence-corrected chi connectivity index (χ3v) is 5.10. The van der Waals surface area contributed by atoms with Crippen LogP contribution in [0.25, 0.3) is 0 Å². The van der Waals surface area contributed by atoms with E-state index in [0.717, 1.165) is 12.1 Å². The average Bonchev–Trinajstić information content (AvgIpc) is 3.07. The summed E-state index contributed by atoms with van der Waals surface area (Å²) in [5.74, 6) is 0. The van der Waals surface area contributed by atoms with Crippen molar-refractivity contribution in [3.8, 4) is 0 Å². The largest absolute Gasteiger partial charge is 0.399 e. The van der Waals surface area contributed by atoms with Gasteiger partial charge >= 0.3 is 0 Å².